The molecule has 0 spiro atoms. The zero-order chi connectivity index (χ0) is 18.7. The summed E-state index contributed by atoms with van der Waals surface area (Å²) >= 11 is 1.58. The Morgan fingerprint density at radius 2 is 1.89 bits per heavy atom. The van der Waals surface area contributed by atoms with Crippen LogP contribution < -0.4 is 4.72 Å². The van der Waals surface area contributed by atoms with Crippen LogP contribution in [0, 0.1) is 0 Å². The summed E-state index contributed by atoms with van der Waals surface area (Å²) in [6.07, 6.45) is 1.54. The molecule has 3 heterocycles. The fourth-order valence-electron chi connectivity index (χ4n) is 2.44. The van der Waals surface area contributed by atoms with Gasteiger partial charge in [0, 0.05) is 5.41 Å². The summed E-state index contributed by atoms with van der Waals surface area (Å²) in [4.78, 5) is 1.02. The van der Waals surface area contributed by atoms with Gasteiger partial charge in [0.15, 0.2) is 11.5 Å². The number of fused-ring (bicyclic) bond motifs is 1. The number of benzene rings is 1. The van der Waals surface area contributed by atoms with E-state index in [1.54, 1.807) is 15.9 Å². The van der Waals surface area contributed by atoms with Crippen LogP contribution in [0.1, 0.15) is 11.4 Å². The van der Waals surface area contributed by atoms with E-state index in [4.69, 9.17) is 0 Å². The molecule has 4 rings (SSSR count). The summed E-state index contributed by atoms with van der Waals surface area (Å²) in [7, 11) is -3.62. The van der Waals surface area contributed by atoms with Crippen LogP contribution in [0.15, 0.2) is 65.4 Å². The fraction of sp³-hybridized carbons (Fsp3) is 0.0556. The van der Waals surface area contributed by atoms with E-state index < -0.39 is 10.0 Å². The molecule has 0 saturated carbocycles. The van der Waals surface area contributed by atoms with Gasteiger partial charge in [0.05, 0.1) is 11.4 Å². The second-order valence-electron chi connectivity index (χ2n) is 5.66. The first-order valence-electron chi connectivity index (χ1n) is 8.09. The standard InChI is InChI=1S/C18H15N5O2S2/c24-27(25,12-10-14-5-2-1-3-6-14)19-13-18-21-20-17-9-8-15(22-23(17)18)16-7-4-11-26-16/h1-12,19H,13H2. The lowest BCUT2D eigenvalue weighted by molar-refractivity contribution is 0.587. The summed E-state index contributed by atoms with van der Waals surface area (Å²) in [5.41, 5.74) is 2.15. The van der Waals surface area contributed by atoms with Crippen molar-refractivity contribution in [2.45, 2.75) is 6.54 Å². The second kappa shape index (κ2) is 7.39. The molecule has 0 aliphatic rings. The zero-order valence-electron chi connectivity index (χ0n) is 14.1. The van der Waals surface area contributed by atoms with Gasteiger partial charge in [-0.2, -0.15) is 9.61 Å². The van der Waals surface area contributed by atoms with Gasteiger partial charge in [-0.1, -0.05) is 36.4 Å². The Balaban J connectivity index is 1.53. The molecule has 0 aliphatic heterocycles. The number of sulfonamides is 1. The number of hydrogen-bond donors (Lipinski definition) is 1. The van der Waals surface area contributed by atoms with E-state index in [1.807, 2.05) is 60.0 Å². The Labute approximate surface area is 160 Å². The SMILES string of the molecule is O=S(=O)(C=Cc1ccccc1)NCc1nnc2ccc(-c3cccs3)nn12. The highest BCUT2D eigenvalue weighted by Gasteiger charge is 2.12. The monoisotopic (exact) mass is 397 g/mol. The number of nitrogens with one attached hydrogen (secondary N) is 1. The van der Waals surface area contributed by atoms with Crippen molar-refractivity contribution < 1.29 is 8.42 Å². The van der Waals surface area contributed by atoms with Crippen molar-refractivity contribution in [2.75, 3.05) is 0 Å². The molecule has 136 valence electrons. The Bertz CT molecular complexity index is 1180. The van der Waals surface area contributed by atoms with Gasteiger partial charge in [0.2, 0.25) is 10.0 Å². The molecule has 3 aromatic heterocycles. The number of hydrogen-bond acceptors (Lipinski definition) is 6. The average Bonchev–Trinajstić information content (AvgIpc) is 3.35. The number of rotatable bonds is 6. The van der Waals surface area contributed by atoms with Gasteiger partial charge in [0.25, 0.3) is 0 Å². The number of thiophene rings is 1. The largest absolute Gasteiger partial charge is 0.234 e. The van der Waals surface area contributed by atoms with Crippen LogP contribution in [0.4, 0.5) is 0 Å². The van der Waals surface area contributed by atoms with Crippen molar-refractivity contribution in [3.63, 3.8) is 0 Å². The van der Waals surface area contributed by atoms with Crippen LogP contribution in [0.2, 0.25) is 0 Å². The van der Waals surface area contributed by atoms with Gasteiger partial charge in [-0.3, -0.25) is 0 Å². The maximum atomic E-state index is 12.2. The molecule has 0 atom stereocenters. The van der Waals surface area contributed by atoms with Crippen molar-refractivity contribution in [1.29, 1.82) is 0 Å². The van der Waals surface area contributed by atoms with E-state index in [-0.39, 0.29) is 6.54 Å². The minimum Gasteiger partial charge on any atom is -0.208 e. The summed E-state index contributed by atoms with van der Waals surface area (Å²) in [5.74, 6) is 0.417. The van der Waals surface area contributed by atoms with Gasteiger partial charge in [-0.05, 0) is 35.2 Å². The van der Waals surface area contributed by atoms with Crippen LogP contribution in [0.3, 0.4) is 0 Å². The maximum Gasteiger partial charge on any atom is 0.234 e. The minimum atomic E-state index is -3.62. The highest BCUT2D eigenvalue weighted by atomic mass is 32.2. The molecule has 0 fully saturated rings. The van der Waals surface area contributed by atoms with Crippen LogP contribution in [-0.2, 0) is 16.6 Å². The van der Waals surface area contributed by atoms with Crippen molar-refractivity contribution in [3.05, 3.63) is 76.8 Å². The first kappa shape index (κ1) is 17.5. The molecule has 1 aromatic carbocycles. The topological polar surface area (TPSA) is 89.2 Å². The Kier molecular flexibility index (Phi) is 4.80. The van der Waals surface area contributed by atoms with E-state index >= 15 is 0 Å². The van der Waals surface area contributed by atoms with Gasteiger partial charge in [0.1, 0.15) is 5.69 Å². The number of aromatic nitrogens is 4. The molecular formula is C18H15N5O2S2. The van der Waals surface area contributed by atoms with Crippen molar-refractivity contribution >= 4 is 33.1 Å². The second-order valence-corrected chi connectivity index (χ2v) is 8.26. The van der Waals surface area contributed by atoms with Gasteiger partial charge in [-0.25, -0.2) is 13.1 Å². The summed E-state index contributed by atoms with van der Waals surface area (Å²) in [6, 6.07) is 16.8. The van der Waals surface area contributed by atoms with Crippen LogP contribution in [0.5, 0.6) is 0 Å². The first-order valence-corrected chi connectivity index (χ1v) is 10.5. The Morgan fingerprint density at radius 1 is 1.04 bits per heavy atom. The van der Waals surface area contributed by atoms with Crippen molar-refractivity contribution in [2.24, 2.45) is 0 Å². The van der Waals surface area contributed by atoms with Gasteiger partial charge >= 0.3 is 0 Å². The maximum absolute atomic E-state index is 12.2. The molecule has 9 heteroatoms. The van der Waals surface area contributed by atoms with Crippen LogP contribution >= 0.6 is 11.3 Å². The van der Waals surface area contributed by atoms with Crippen LogP contribution in [-0.4, -0.2) is 28.2 Å². The quantitative estimate of drug-likeness (QED) is 0.540. The summed E-state index contributed by atoms with van der Waals surface area (Å²) < 4.78 is 28.5. The molecule has 0 saturated heterocycles. The van der Waals surface area contributed by atoms with E-state index in [2.05, 4.69) is 20.0 Å². The van der Waals surface area contributed by atoms with E-state index in [9.17, 15) is 8.42 Å². The molecule has 0 radical (unpaired) electrons. The minimum absolute atomic E-state index is 0.0104. The van der Waals surface area contributed by atoms with Gasteiger partial charge < -0.3 is 0 Å². The third-order valence-corrected chi connectivity index (χ3v) is 5.71. The van der Waals surface area contributed by atoms with E-state index in [0.29, 0.717) is 11.5 Å². The van der Waals surface area contributed by atoms with Crippen molar-refractivity contribution in [3.8, 4) is 10.6 Å². The third-order valence-electron chi connectivity index (χ3n) is 3.77. The molecule has 1 N–H and O–H groups in total. The fourth-order valence-corrected chi connectivity index (χ4v) is 3.90. The third kappa shape index (κ3) is 4.11. The average molecular weight is 397 g/mol. The first-order chi connectivity index (χ1) is 13.1. The molecular weight excluding hydrogens is 382 g/mol. The molecule has 7 nitrogen and oxygen atoms in total. The lowest BCUT2D eigenvalue weighted by Gasteiger charge is -2.03. The van der Waals surface area contributed by atoms with Crippen molar-refractivity contribution in [1.82, 2.24) is 24.5 Å². The summed E-state index contributed by atoms with van der Waals surface area (Å²) in [6.45, 7) is -0.0104. The molecule has 0 bridgehead atoms. The Morgan fingerprint density at radius 3 is 2.67 bits per heavy atom. The van der Waals surface area contributed by atoms with Crippen LogP contribution in [0.25, 0.3) is 22.3 Å². The highest BCUT2D eigenvalue weighted by Crippen LogP contribution is 2.22. The van der Waals surface area contributed by atoms with E-state index in [0.717, 1.165) is 21.5 Å². The smallest absolute Gasteiger partial charge is 0.208 e. The molecule has 0 aliphatic carbocycles. The lowest BCUT2D eigenvalue weighted by Crippen LogP contribution is -2.22. The highest BCUT2D eigenvalue weighted by molar-refractivity contribution is 7.92. The predicted molar refractivity (Wildman–Crippen MR) is 105 cm³/mol. The molecule has 0 amide bonds. The summed E-state index contributed by atoms with van der Waals surface area (Å²) in [5, 5.41) is 15.7. The lowest BCUT2D eigenvalue weighted by atomic mass is 10.2. The Hall–Kier alpha value is -2.88. The van der Waals surface area contributed by atoms with E-state index in [1.165, 1.54) is 6.08 Å². The number of nitrogens with zero attached hydrogens (tertiary/aromatic N) is 4. The zero-order valence-corrected chi connectivity index (χ0v) is 15.7. The predicted octanol–water partition coefficient (Wildman–Crippen LogP) is 2.94. The normalized spacial score (nSPS) is 12.1. The molecule has 4 aromatic rings. The molecule has 27 heavy (non-hydrogen) atoms. The molecule has 0 unspecified atom stereocenters. The van der Waals surface area contributed by atoms with Gasteiger partial charge in [-0.15, -0.1) is 21.5 Å².